The Hall–Kier alpha value is -1.36. The van der Waals surface area contributed by atoms with Crippen LogP contribution in [0.4, 0.5) is 0 Å². The molecule has 20 heavy (non-hydrogen) atoms. The van der Waals surface area contributed by atoms with Crippen molar-refractivity contribution in [1.82, 2.24) is 0 Å². The molecule has 3 atom stereocenters. The minimum Gasteiger partial charge on any atom is -0.468 e. The number of hydrogen-bond acceptors (Lipinski definition) is 5. The van der Waals surface area contributed by atoms with Crippen molar-refractivity contribution in [3.63, 3.8) is 0 Å². The van der Waals surface area contributed by atoms with Gasteiger partial charge < -0.3 is 14.6 Å². The summed E-state index contributed by atoms with van der Waals surface area (Å²) in [4.78, 5) is 24.2. The van der Waals surface area contributed by atoms with Gasteiger partial charge in [-0.2, -0.15) is 0 Å². The highest BCUT2D eigenvalue weighted by atomic mass is 16.5. The van der Waals surface area contributed by atoms with Gasteiger partial charge in [-0.3, -0.25) is 9.59 Å². The van der Waals surface area contributed by atoms with Crippen LogP contribution < -0.4 is 0 Å². The third-order valence-corrected chi connectivity index (χ3v) is 4.04. The SMILES string of the molecule is COC(=O)C1(C(=O)OC)C[C@@H](C=C(C)C)[C@H](C(C)O)C1. The summed E-state index contributed by atoms with van der Waals surface area (Å²) in [7, 11) is 2.53. The van der Waals surface area contributed by atoms with Crippen LogP contribution >= 0.6 is 0 Å². The van der Waals surface area contributed by atoms with Gasteiger partial charge in [-0.25, -0.2) is 0 Å². The van der Waals surface area contributed by atoms with Crippen LogP contribution in [0.25, 0.3) is 0 Å². The van der Waals surface area contributed by atoms with Crippen LogP contribution in [0.15, 0.2) is 11.6 Å². The minimum atomic E-state index is -1.30. The van der Waals surface area contributed by atoms with E-state index in [1.807, 2.05) is 19.9 Å². The van der Waals surface area contributed by atoms with Gasteiger partial charge in [0.05, 0.1) is 20.3 Å². The number of aliphatic hydroxyl groups excluding tert-OH is 1. The number of carbonyl (C=O) groups excluding carboxylic acids is 2. The maximum Gasteiger partial charge on any atom is 0.323 e. The third kappa shape index (κ3) is 3.03. The highest BCUT2D eigenvalue weighted by Gasteiger charge is 2.57. The summed E-state index contributed by atoms with van der Waals surface area (Å²) in [6.45, 7) is 5.59. The molecule has 0 bridgehead atoms. The minimum absolute atomic E-state index is 0.0433. The highest BCUT2D eigenvalue weighted by Crippen LogP contribution is 2.49. The molecule has 0 saturated heterocycles. The second kappa shape index (κ2) is 6.39. The number of carbonyl (C=O) groups is 2. The van der Waals surface area contributed by atoms with E-state index in [-0.39, 0.29) is 18.3 Å². The standard InChI is InChI=1S/C15H24O5/c1-9(2)6-11-7-15(13(17)19-4,14(18)20-5)8-12(11)10(3)16/h6,10-12,16H,7-8H2,1-5H3/t10?,11-,12+/m1/s1. The van der Waals surface area contributed by atoms with E-state index in [4.69, 9.17) is 9.47 Å². The van der Waals surface area contributed by atoms with E-state index in [1.165, 1.54) is 14.2 Å². The molecule has 0 radical (unpaired) electrons. The molecule has 0 aromatic heterocycles. The van der Waals surface area contributed by atoms with Gasteiger partial charge in [-0.15, -0.1) is 0 Å². The molecule has 5 heteroatoms. The first-order valence-electron chi connectivity index (χ1n) is 6.78. The Kier molecular flexibility index (Phi) is 5.34. The Morgan fingerprint density at radius 2 is 1.70 bits per heavy atom. The molecule has 0 aromatic rings. The topological polar surface area (TPSA) is 72.8 Å². The summed E-state index contributed by atoms with van der Waals surface area (Å²) < 4.78 is 9.60. The van der Waals surface area contributed by atoms with Crippen molar-refractivity contribution < 1.29 is 24.2 Å². The summed E-state index contributed by atoms with van der Waals surface area (Å²) in [5.41, 5.74) is -0.215. The average Bonchev–Trinajstić information content (AvgIpc) is 2.76. The molecule has 114 valence electrons. The summed E-state index contributed by atoms with van der Waals surface area (Å²) in [5, 5.41) is 9.94. The molecule has 0 spiro atoms. The first-order valence-corrected chi connectivity index (χ1v) is 6.78. The smallest absolute Gasteiger partial charge is 0.323 e. The lowest BCUT2D eigenvalue weighted by Crippen LogP contribution is -2.39. The predicted molar refractivity (Wildman–Crippen MR) is 73.8 cm³/mol. The van der Waals surface area contributed by atoms with Gasteiger partial charge in [0.1, 0.15) is 0 Å². The maximum absolute atomic E-state index is 12.1. The number of allylic oxidation sites excluding steroid dienone is 2. The normalized spacial score (nSPS) is 25.7. The lowest BCUT2D eigenvalue weighted by atomic mass is 9.84. The lowest BCUT2D eigenvalue weighted by Gasteiger charge is -2.23. The Balaban J connectivity index is 3.20. The molecule has 1 aliphatic rings. The molecule has 5 nitrogen and oxygen atoms in total. The zero-order valence-electron chi connectivity index (χ0n) is 12.8. The lowest BCUT2D eigenvalue weighted by molar-refractivity contribution is -0.169. The Bertz CT molecular complexity index is 390. The van der Waals surface area contributed by atoms with Crippen molar-refractivity contribution in [2.45, 2.75) is 39.7 Å². The van der Waals surface area contributed by atoms with E-state index in [1.54, 1.807) is 6.92 Å². The number of hydrogen-bond donors (Lipinski definition) is 1. The summed E-state index contributed by atoms with van der Waals surface area (Å²) >= 11 is 0. The van der Waals surface area contributed by atoms with Gasteiger partial charge in [0.2, 0.25) is 0 Å². The van der Waals surface area contributed by atoms with Gasteiger partial charge in [0.15, 0.2) is 5.41 Å². The summed E-state index contributed by atoms with van der Waals surface area (Å²) in [6.07, 6.45) is 1.96. The van der Waals surface area contributed by atoms with Crippen molar-refractivity contribution in [1.29, 1.82) is 0 Å². The number of aliphatic hydroxyl groups is 1. The fourth-order valence-corrected chi connectivity index (χ4v) is 3.14. The summed E-state index contributed by atoms with van der Waals surface area (Å²) in [6, 6.07) is 0. The molecule has 0 aliphatic heterocycles. The molecule has 0 aromatic carbocycles. The number of methoxy groups -OCH3 is 2. The fourth-order valence-electron chi connectivity index (χ4n) is 3.14. The molecule has 1 unspecified atom stereocenters. The first kappa shape index (κ1) is 16.7. The molecule has 1 fully saturated rings. The highest BCUT2D eigenvalue weighted by molar-refractivity contribution is 6.00. The monoisotopic (exact) mass is 284 g/mol. The molecule has 0 amide bonds. The quantitative estimate of drug-likeness (QED) is 0.483. The fraction of sp³-hybridized carbons (Fsp3) is 0.733. The van der Waals surface area contributed by atoms with Crippen LogP contribution in [0.2, 0.25) is 0 Å². The second-order valence-corrected chi connectivity index (χ2v) is 5.79. The van der Waals surface area contributed by atoms with E-state index >= 15 is 0 Å². The maximum atomic E-state index is 12.1. The first-order chi connectivity index (χ1) is 9.28. The van der Waals surface area contributed by atoms with Crippen LogP contribution in [-0.4, -0.2) is 37.4 Å². The van der Waals surface area contributed by atoms with Crippen molar-refractivity contribution in [2.75, 3.05) is 14.2 Å². The van der Waals surface area contributed by atoms with E-state index in [0.717, 1.165) is 5.57 Å². The molecule has 1 N–H and O–H groups in total. The van der Waals surface area contributed by atoms with E-state index in [9.17, 15) is 14.7 Å². The zero-order chi connectivity index (χ0) is 15.5. The van der Waals surface area contributed by atoms with Gasteiger partial charge >= 0.3 is 11.9 Å². The second-order valence-electron chi connectivity index (χ2n) is 5.79. The molecule has 1 aliphatic carbocycles. The van der Waals surface area contributed by atoms with Gasteiger partial charge in [0, 0.05) is 0 Å². The zero-order valence-corrected chi connectivity index (χ0v) is 12.8. The van der Waals surface area contributed by atoms with E-state index in [0.29, 0.717) is 6.42 Å². The van der Waals surface area contributed by atoms with Gasteiger partial charge in [0.25, 0.3) is 0 Å². The molecule has 1 rings (SSSR count). The van der Waals surface area contributed by atoms with Crippen LogP contribution in [0.1, 0.15) is 33.6 Å². The molecular weight excluding hydrogens is 260 g/mol. The van der Waals surface area contributed by atoms with Crippen LogP contribution in [-0.2, 0) is 19.1 Å². The number of rotatable bonds is 4. The van der Waals surface area contributed by atoms with Crippen molar-refractivity contribution in [2.24, 2.45) is 17.3 Å². The Morgan fingerprint density at radius 3 is 2.05 bits per heavy atom. The molecular formula is C15H24O5. The van der Waals surface area contributed by atoms with Crippen molar-refractivity contribution in [3.8, 4) is 0 Å². The number of esters is 2. The molecule has 0 heterocycles. The van der Waals surface area contributed by atoms with Crippen molar-refractivity contribution >= 4 is 11.9 Å². The molecule has 1 saturated carbocycles. The summed E-state index contributed by atoms with van der Waals surface area (Å²) in [5.74, 6) is -1.37. The van der Waals surface area contributed by atoms with Gasteiger partial charge in [-0.1, -0.05) is 11.6 Å². The Morgan fingerprint density at radius 1 is 1.20 bits per heavy atom. The predicted octanol–water partition coefficient (Wildman–Crippen LogP) is 1.69. The average molecular weight is 284 g/mol. The van der Waals surface area contributed by atoms with Gasteiger partial charge in [-0.05, 0) is 45.4 Å². The number of ether oxygens (including phenoxy) is 2. The van der Waals surface area contributed by atoms with Crippen LogP contribution in [0.3, 0.4) is 0 Å². The van der Waals surface area contributed by atoms with Crippen LogP contribution in [0, 0.1) is 17.3 Å². The Labute approximate surface area is 119 Å². The van der Waals surface area contributed by atoms with E-state index in [2.05, 4.69) is 0 Å². The largest absolute Gasteiger partial charge is 0.468 e. The van der Waals surface area contributed by atoms with Crippen LogP contribution in [0.5, 0.6) is 0 Å². The van der Waals surface area contributed by atoms with Crippen molar-refractivity contribution in [3.05, 3.63) is 11.6 Å². The third-order valence-electron chi connectivity index (χ3n) is 4.04. The van der Waals surface area contributed by atoms with E-state index < -0.39 is 23.5 Å².